The maximum atomic E-state index is 13.0. The van der Waals surface area contributed by atoms with E-state index in [1.807, 2.05) is 0 Å². The number of nitrogens with zero attached hydrogens (tertiary/aromatic N) is 1. The zero-order valence-electron chi connectivity index (χ0n) is 14.4. The first kappa shape index (κ1) is 18.3. The zero-order chi connectivity index (χ0) is 19.6. The first-order chi connectivity index (χ1) is 12.9. The third-order valence-electron chi connectivity index (χ3n) is 4.05. The van der Waals surface area contributed by atoms with Crippen LogP contribution < -0.4 is 0 Å². The van der Waals surface area contributed by atoms with Gasteiger partial charge in [0.15, 0.2) is 5.75 Å². The highest BCUT2D eigenvalue weighted by Crippen LogP contribution is 2.32. The summed E-state index contributed by atoms with van der Waals surface area (Å²) in [4.78, 5) is 27.8. The molecule has 3 rings (SSSR count). The van der Waals surface area contributed by atoms with Crippen molar-refractivity contribution in [3.05, 3.63) is 70.7 Å². The number of fused-ring (bicyclic) bond motifs is 1. The van der Waals surface area contributed by atoms with Crippen LogP contribution in [0.3, 0.4) is 0 Å². The Morgan fingerprint density at radius 2 is 1.81 bits per heavy atom. The third kappa shape index (κ3) is 3.72. The van der Waals surface area contributed by atoms with Crippen LogP contribution in [-0.4, -0.2) is 33.7 Å². The van der Waals surface area contributed by atoms with Gasteiger partial charge in [0.05, 0.1) is 12.2 Å². The molecule has 0 saturated carbocycles. The summed E-state index contributed by atoms with van der Waals surface area (Å²) in [6.07, 6.45) is 1.88. The number of benzene rings is 2. The molecule has 1 aromatic heterocycles. The minimum atomic E-state index is -1.26. The molecule has 1 heterocycles. The van der Waals surface area contributed by atoms with E-state index >= 15 is 0 Å². The standard InChI is InChI=1S/C20H16FNO5/c1-2-27-20(26)16-9-15(19(24)25)14-8-12(10-22-17(14)18(16)23)7-11-3-5-13(21)6-4-11/h3-6,8-10,23H,2,7H2,1H3,(H,24,25). The smallest absolute Gasteiger partial charge is 0.342 e. The number of carboxylic acids is 1. The molecule has 2 N–H and O–H groups in total. The van der Waals surface area contributed by atoms with Gasteiger partial charge >= 0.3 is 11.9 Å². The Morgan fingerprint density at radius 3 is 2.44 bits per heavy atom. The maximum absolute atomic E-state index is 13.0. The van der Waals surface area contributed by atoms with Crippen LogP contribution in [-0.2, 0) is 11.2 Å². The second-order valence-electron chi connectivity index (χ2n) is 5.89. The molecule has 0 spiro atoms. The number of hydrogen-bond donors (Lipinski definition) is 2. The van der Waals surface area contributed by atoms with E-state index in [0.717, 1.165) is 11.6 Å². The summed E-state index contributed by atoms with van der Waals surface area (Å²) in [5.74, 6) is -2.86. The highest BCUT2D eigenvalue weighted by molar-refractivity contribution is 6.09. The minimum Gasteiger partial charge on any atom is -0.505 e. The van der Waals surface area contributed by atoms with Crippen LogP contribution in [0.25, 0.3) is 10.9 Å². The van der Waals surface area contributed by atoms with E-state index in [9.17, 15) is 24.2 Å². The molecule has 0 amide bonds. The zero-order valence-corrected chi connectivity index (χ0v) is 14.4. The van der Waals surface area contributed by atoms with Crippen LogP contribution in [0, 0.1) is 5.82 Å². The van der Waals surface area contributed by atoms with E-state index < -0.39 is 17.7 Å². The molecule has 0 aliphatic carbocycles. The summed E-state index contributed by atoms with van der Waals surface area (Å²) in [6.45, 7) is 1.69. The predicted molar refractivity (Wildman–Crippen MR) is 95.5 cm³/mol. The molecule has 0 aliphatic heterocycles. The van der Waals surface area contributed by atoms with Crippen LogP contribution in [0.15, 0.2) is 42.6 Å². The van der Waals surface area contributed by atoms with Crippen LogP contribution >= 0.6 is 0 Å². The summed E-state index contributed by atoms with van der Waals surface area (Å²) in [5.41, 5.74) is 1.09. The Kier molecular flexibility index (Phi) is 5.03. The monoisotopic (exact) mass is 369 g/mol. The van der Waals surface area contributed by atoms with Gasteiger partial charge in [-0.05, 0) is 48.7 Å². The fourth-order valence-corrected chi connectivity index (χ4v) is 2.80. The number of carbonyl (C=O) groups is 2. The topological polar surface area (TPSA) is 96.7 Å². The summed E-state index contributed by atoms with van der Waals surface area (Å²) >= 11 is 0. The molecular weight excluding hydrogens is 353 g/mol. The van der Waals surface area contributed by atoms with Gasteiger partial charge < -0.3 is 14.9 Å². The summed E-state index contributed by atoms with van der Waals surface area (Å²) in [5, 5.41) is 20.1. The summed E-state index contributed by atoms with van der Waals surface area (Å²) in [6, 6.07) is 8.59. The first-order valence-corrected chi connectivity index (χ1v) is 8.20. The molecule has 3 aromatic rings. The normalized spacial score (nSPS) is 10.7. The number of phenolic OH excluding ortho intramolecular Hbond substituents is 1. The number of phenols is 1. The lowest BCUT2D eigenvalue weighted by Crippen LogP contribution is -2.09. The fourth-order valence-electron chi connectivity index (χ4n) is 2.80. The molecule has 0 aliphatic rings. The molecule has 2 aromatic carbocycles. The Bertz CT molecular complexity index is 1030. The Labute approximate surface area is 153 Å². The molecule has 0 unspecified atom stereocenters. The van der Waals surface area contributed by atoms with Gasteiger partial charge in [-0.15, -0.1) is 0 Å². The largest absolute Gasteiger partial charge is 0.505 e. The highest BCUT2D eigenvalue weighted by atomic mass is 19.1. The van der Waals surface area contributed by atoms with Gasteiger partial charge in [0, 0.05) is 11.6 Å². The molecule has 0 fully saturated rings. The number of aromatic hydroxyl groups is 1. The van der Waals surface area contributed by atoms with Crippen molar-refractivity contribution in [1.82, 2.24) is 4.98 Å². The number of esters is 1. The van der Waals surface area contributed by atoms with Crippen molar-refractivity contribution in [1.29, 1.82) is 0 Å². The Hall–Kier alpha value is -3.48. The average Bonchev–Trinajstić information content (AvgIpc) is 2.64. The van der Waals surface area contributed by atoms with Crippen molar-refractivity contribution < 1.29 is 28.9 Å². The number of carboxylic acid groups (broad SMARTS) is 1. The average molecular weight is 369 g/mol. The van der Waals surface area contributed by atoms with E-state index in [2.05, 4.69) is 4.98 Å². The van der Waals surface area contributed by atoms with Gasteiger partial charge in [-0.1, -0.05) is 12.1 Å². The van der Waals surface area contributed by atoms with Gasteiger partial charge in [0.25, 0.3) is 0 Å². The van der Waals surface area contributed by atoms with Crippen molar-refractivity contribution >= 4 is 22.8 Å². The summed E-state index contributed by atoms with van der Waals surface area (Å²) in [7, 11) is 0. The van der Waals surface area contributed by atoms with Crippen LogP contribution in [0.5, 0.6) is 5.75 Å². The molecule has 27 heavy (non-hydrogen) atoms. The van der Waals surface area contributed by atoms with Crippen LogP contribution in [0.2, 0.25) is 0 Å². The molecular formula is C20H16FNO5. The van der Waals surface area contributed by atoms with E-state index in [0.29, 0.717) is 12.0 Å². The molecule has 138 valence electrons. The maximum Gasteiger partial charge on any atom is 0.342 e. The second kappa shape index (κ2) is 7.41. The number of halogens is 1. The molecule has 0 radical (unpaired) electrons. The minimum absolute atomic E-state index is 0.000749. The number of ether oxygens (including phenoxy) is 1. The van der Waals surface area contributed by atoms with Gasteiger partial charge in [-0.3, -0.25) is 4.98 Å². The fraction of sp³-hybridized carbons (Fsp3) is 0.150. The van der Waals surface area contributed by atoms with E-state index in [4.69, 9.17) is 4.74 Å². The lowest BCUT2D eigenvalue weighted by molar-refractivity contribution is 0.0523. The molecule has 0 bridgehead atoms. The van der Waals surface area contributed by atoms with Crippen molar-refractivity contribution in [2.45, 2.75) is 13.3 Å². The van der Waals surface area contributed by atoms with Crippen LogP contribution in [0.1, 0.15) is 38.8 Å². The van der Waals surface area contributed by atoms with Gasteiger partial charge in [-0.2, -0.15) is 0 Å². The number of hydrogen-bond acceptors (Lipinski definition) is 5. The SMILES string of the molecule is CCOC(=O)c1cc(C(=O)O)c2cc(Cc3ccc(F)cc3)cnc2c1O. The number of aromatic nitrogens is 1. The van der Waals surface area contributed by atoms with Crippen molar-refractivity contribution in [2.75, 3.05) is 6.61 Å². The third-order valence-corrected chi connectivity index (χ3v) is 4.05. The Morgan fingerprint density at radius 1 is 1.11 bits per heavy atom. The lowest BCUT2D eigenvalue weighted by Gasteiger charge is -2.11. The van der Waals surface area contributed by atoms with Crippen LogP contribution in [0.4, 0.5) is 4.39 Å². The predicted octanol–water partition coefficient (Wildman–Crippen LogP) is 3.55. The molecule has 6 nitrogen and oxygen atoms in total. The number of pyridine rings is 1. The quantitative estimate of drug-likeness (QED) is 0.668. The molecule has 0 atom stereocenters. The van der Waals surface area contributed by atoms with Gasteiger partial charge in [-0.25, -0.2) is 14.0 Å². The lowest BCUT2D eigenvalue weighted by atomic mass is 9.99. The summed E-state index contributed by atoms with van der Waals surface area (Å²) < 4.78 is 17.9. The van der Waals surface area contributed by atoms with E-state index in [-0.39, 0.29) is 34.5 Å². The van der Waals surface area contributed by atoms with Gasteiger partial charge in [0.1, 0.15) is 16.9 Å². The number of rotatable bonds is 5. The number of carbonyl (C=O) groups excluding carboxylic acids is 1. The second-order valence-corrected chi connectivity index (χ2v) is 5.89. The molecule has 0 saturated heterocycles. The van der Waals surface area contributed by atoms with E-state index in [1.54, 1.807) is 25.1 Å². The first-order valence-electron chi connectivity index (χ1n) is 8.20. The highest BCUT2D eigenvalue weighted by Gasteiger charge is 2.22. The van der Waals surface area contributed by atoms with Crippen molar-refractivity contribution in [3.8, 4) is 5.75 Å². The van der Waals surface area contributed by atoms with Crippen molar-refractivity contribution in [3.63, 3.8) is 0 Å². The Balaban J connectivity index is 2.11. The number of aromatic carboxylic acids is 1. The van der Waals surface area contributed by atoms with Gasteiger partial charge in [0.2, 0.25) is 0 Å². The van der Waals surface area contributed by atoms with Crippen molar-refractivity contribution in [2.24, 2.45) is 0 Å². The molecule has 7 heteroatoms. The van der Waals surface area contributed by atoms with E-state index in [1.165, 1.54) is 18.3 Å².